The number of methoxy groups -OCH3 is 2. The van der Waals surface area contributed by atoms with Crippen LogP contribution in [0.5, 0.6) is 11.5 Å². The lowest BCUT2D eigenvalue weighted by molar-refractivity contribution is -0.147. The van der Waals surface area contributed by atoms with Gasteiger partial charge in [0.25, 0.3) is 0 Å². The summed E-state index contributed by atoms with van der Waals surface area (Å²) in [5, 5.41) is 5.30. The number of esters is 1. The number of thioether (sulfide) groups is 1. The van der Waals surface area contributed by atoms with Gasteiger partial charge in [0.15, 0.2) is 11.5 Å². The number of rotatable bonds is 7. The molecule has 1 saturated heterocycles. The van der Waals surface area contributed by atoms with Crippen LogP contribution in [0.25, 0.3) is 0 Å². The van der Waals surface area contributed by atoms with Gasteiger partial charge < -0.3 is 24.8 Å². The molecular weight excluding hydrogens is 344 g/mol. The number of benzene rings is 1. The summed E-state index contributed by atoms with van der Waals surface area (Å²) in [4.78, 5) is 24.5. The molecule has 136 valence electrons. The molecule has 1 fully saturated rings. The Morgan fingerprint density at radius 1 is 1.32 bits per heavy atom. The van der Waals surface area contributed by atoms with E-state index in [9.17, 15) is 9.59 Å². The van der Waals surface area contributed by atoms with Gasteiger partial charge in [0.2, 0.25) is 0 Å². The first-order chi connectivity index (χ1) is 12.0. The van der Waals surface area contributed by atoms with Crippen LogP contribution in [-0.2, 0) is 9.53 Å². The van der Waals surface area contributed by atoms with E-state index < -0.39 is 24.0 Å². The van der Waals surface area contributed by atoms with Crippen LogP contribution >= 0.6 is 11.8 Å². The van der Waals surface area contributed by atoms with Crippen LogP contribution in [0.3, 0.4) is 0 Å². The van der Waals surface area contributed by atoms with E-state index in [-0.39, 0.29) is 5.70 Å². The highest BCUT2D eigenvalue weighted by Gasteiger charge is 2.40. The lowest BCUT2D eigenvalue weighted by Crippen LogP contribution is -2.51. The van der Waals surface area contributed by atoms with Crippen LogP contribution in [0.15, 0.2) is 30.5 Å². The molecule has 0 aromatic heterocycles. The van der Waals surface area contributed by atoms with Gasteiger partial charge in [-0.15, -0.1) is 0 Å². The van der Waals surface area contributed by atoms with Gasteiger partial charge in [-0.3, -0.25) is 4.79 Å². The van der Waals surface area contributed by atoms with Gasteiger partial charge in [0, 0.05) is 17.0 Å². The predicted octanol–water partition coefficient (Wildman–Crippen LogP) is 2.09. The number of hydrogen-bond donors (Lipinski definition) is 2. The van der Waals surface area contributed by atoms with Crippen LogP contribution in [0.1, 0.15) is 11.6 Å². The van der Waals surface area contributed by atoms with Crippen molar-refractivity contribution in [3.05, 3.63) is 36.0 Å². The van der Waals surface area contributed by atoms with Crippen molar-refractivity contribution in [2.45, 2.75) is 6.04 Å². The summed E-state index contributed by atoms with van der Waals surface area (Å²) in [6, 6.07) is 4.17. The Bertz CT molecular complexity index is 664. The molecule has 0 aliphatic carbocycles. The van der Waals surface area contributed by atoms with E-state index in [1.54, 1.807) is 30.0 Å². The molecular formula is C17H22N2O5S. The van der Waals surface area contributed by atoms with Crippen molar-refractivity contribution in [3.63, 3.8) is 0 Å². The summed E-state index contributed by atoms with van der Waals surface area (Å²) in [7, 11) is 3.03. The Morgan fingerprint density at radius 2 is 2.08 bits per heavy atom. The molecule has 7 nitrogen and oxygen atoms in total. The largest absolute Gasteiger partial charge is 0.493 e. The molecule has 2 atom stereocenters. The molecule has 1 aliphatic heterocycles. The maximum Gasteiger partial charge on any atom is 0.319 e. The van der Waals surface area contributed by atoms with Crippen LogP contribution in [0, 0.1) is 5.92 Å². The lowest BCUT2D eigenvalue weighted by atomic mass is 9.88. The Morgan fingerprint density at radius 3 is 2.72 bits per heavy atom. The standard InChI is InChI=1S/C17H22N2O5S/c1-10-13(16(20)24-8-9-25-4)14(19-17(21)18-10)11-6-5-7-12(22-2)15(11)23-3/h5-7,13-14H,1,8-9H2,2-4H3,(H2,18,19,21)/t13-,14-/m0/s1. The molecule has 0 bridgehead atoms. The second-order valence-corrected chi connectivity index (χ2v) is 6.31. The summed E-state index contributed by atoms with van der Waals surface area (Å²) < 4.78 is 16.1. The Balaban J connectivity index is 2.38. The average Bonchev–Trinajstić information content (AvgIpc) is 2.60. The number of hydrogen-bond acceptors (Lipinski definition) is 6. The van der Waals surface area contributed by atoms with Crippen LogP contribution in [-0.4, -0.2) is 44.8 Å². The summed E-state index contributed by atoms with van der Waals surface area (Å²) in [5.74, 6) is 0.416. The zero-order valence-corrected chi connectivity index (χ0v) is 15.3. The maximum absolute atomic E-state index is 12.6. The molecule has 2 rings (SSSR count). The van der Waals surface area contributed by atoms with Crippen molar-refractivity contribution in [1.29, 1.82) is 0 Å². The number of ether oxygens (including phenoxy) is 3. The van der Waals surface area contributed by atoms with Crippen molar-refractivity contribution in [2.75, 3.05) is 32.8 Å². The lowest BCUT2D eigenvalue weighted by Gasteiger charge is -2.34. The molecule has 0 spiro atoms. The minimum absolute atomic E-state index is 0.285. The summed E-state index contributed by atoms with van der Waals surface area (Å²) in [6.07, 6.45) is 1.93. The SMILES string of the molecule is C=C1NC(=O)N[C@@H](c2cccc(OC)c2OC)[C@H]1C(=O)OCCSC. The van der Waals surface area contributed by atoms with E-state index in [2.05, 4.69) is 17.2 Å². The Kier molecular flexibility index (Phi) is 6.58. The van der Waals surface area contributed by atoms with Gasteiger partial charge in [0.1, 0.15) is 12.5 Å². The normalized spacial score (nSPS) is 19.6. The van der Waals surface area contributed by atoms with Crippen LogP contribution in [0.4, 0.5) is 4.79 Å². The minimum atomic E-state index is -0.777. The third kappa shape index (κ3) is 4.19. The van der Waals surface area contributed by atoms with E-state index in [0.29, 0.717) is 29.4 Å². The first kappa shape index (κ1) is 19.0. The third-order valence-corrected chi connectivity index (χ3v) is 4.40. The van der Waals surface area contributed by atoms with Gasteiger partial charge in [-0.05, 0) is 12.3 Å². The maximum atomic E-state index is 12.6. The summed E-state index contributed by atoms with van der Waals surface area (Å²) >= 11 is 1.58. The minimum Gasteiger partial charge on any atom is -0.493 e. The molecule has 0 saturated carbocycles. The monoisotopic (exact) mass is 366 g/mol. The molecule has 1 heterocycles. The number of urea groups is 1. The predicted molar refractivity (Wildman–Crippen MR) is 95.9 cm³/mol. The van der Waals surface area contributed by atoms with E-state index in [4.69, 9.17) is 14.2 Å². The zero-order chi connectivity index (χ0) is 18.4. The van der Waals surface area contributed by atoms with Gasteiger partial charge in [-0.2, -0.15) is 11.8 Å². The van der Waals surface area contributed by atoms with Crippen molar-refractivity contribution < 1.29 is 23.8 Å². The number of amides is 2. The fraction of sp³-hybridized carbons (Fsp3) is 0.412. The number of para-hydroxylation sites is 1. The van der Waals surface area contributed by atoms with Crippen LogP contribution < -0.4 is 20.1 Å². The van der Waals surface area contributed by atoms with Crippen LogP contribution in [0.2, 0.25) is 0 Å². The number of carbonyl (C=O) groups excluding carboxylic acids is 2. The van der Waals surface area contributed by atoms with E-state index in [1.807, 2.05) is 6.26 Å². The van der Waals surface area contributed by atoms with E-state index in [1.165, 1.54) is 14.2 Å². The van der Waals surface area contributed by atoms with Gasteiger partial charge in [-0.1, -0.05) is 18.7 Å². The summed E-state index contributed by atoms with van der Waals surface area (Å²) in [6.45, 7) is 4.11. The first-order valence-electron chi connectivity index (χ1n) is 7.66. The highest BCUT2D eigenvalue weighted by Crippen LogP contribution is 2.40. The Labute approximate surface area is 151 Å². The molecule has 1 aromatic rings. The second kappa shape index (κ2) is 8.66. The molecule has 1 aliphatic rings. The fourth-order valence-electron chi connectivity index (χ4n) is 2.69. The van der Waals surface area contributed by atoms with E-state index >= 15 is 0 Å². The molecule has 2 amide bonds. The number of carbonyl (C=O) groups is 2. The highest BCUT2D eigenvalue weighted by atomic mass is 32.2. The fourth-order valence-corrected chi connectivity index (χ4v) is 2.94. The average molecular weight is 366 g/mol. The topological polar surface area (TPSA) is 85.9 Å². The molecule has 8 heteroatoms. The second-order valence-electron chi connectivity index (χ2n) is 5.32. The van der Waals surface area contributed by atoms with Gasteiger partial charge >= 0.3 is 12.0 Å². The Hall–Kier alpha value is -2.35. The molecule has 25 heavy (non-hydrogen) atoms. The van der Waals surface area contributed by atoms with Crippen molar-refractivity contribution in [3.8, 4) is 11.5 Å². The number of nitrogens with one attached hydrogen (secondary N) is 2. The highest BCUT2D eigenvalue weighted by molar-refractivity contribution is 7.98. The van der Waals surface area contributed by atoms with Crippen molar-refractivity contribution in [1.82, 2.24) is 10.6 Å². The summed E-state index contributed by atoms with van der Waals surface area (Å²) in [5.41, 5.74) is 0.900. The van der Waals surface area contributed by atoms with Gasteiger partial charge in [-0.25, -0.2) is 4.79 Å². The van der Waals surface area contributed by atoms with Crippen molar-refractivity contribution >= 4 is 23.8 Å². The van der Waals surface area contributed by atoms with Gasteiger partial charge in [0.05, 0.1) is 20.3 Å². The zero-order valence-electron chi connectivity index (χ0n) is 14.5. The molecule has 0 unspecified atom stereocenters. The molecule has 0 radical (unpaired) electrons. The van der Waals surface area contributed by atoms with Crippen molar-refractivity contribution in [2.24, 2.45) is 5.92 Å². The van der Waals surface area contributed by atoms with E-state index in [0.717, 1.165) is 0 Å². The smallest absolute Gasteiger partial charge is 0.319 e. The molecule has 1 aromatic carbocycles. The first-order valence-corrected chi connectivity index (χ1v) is 9.05. The molecule has 2 N–H and O–H groups in total. The quantitative estimate of drug-likeness (QED) is 0.568. The third-order valence-electron chi connectivity index (χ3n) is 3.82.